The summed E-state index contributed by atoms with van der Waals surface area (Å²) in [5.41, 5.74) is 9.04. The third-order valence-electron chi connectivity index (χ3n) is 5.84. The zero-order chi connectivity index (χ0) is 21.5. The molecule has 0 bridgehead atoms. The molecule has 1 aliphatic carbocycles. The second-order valence-electron chi connectivity index (χ2n) is 7.63. The highest BCUT2D eigenvalue weighted by Crippen LogP contribution is 2.41. The van der Waals surface area contributed by atoms with Crippen LogP contribution in [0.3, 0.4) is 0 Å². The lowest BCUT2D eigenvalue weighted by Crippen LogP contribution is -2.39. The number of aryl methyl sites for hydroxylation is 1. The van der Waals surface area contributed by atoms with Gasteiger partial charge < -0.3 is 9.47 Å². The lowest BCUT2D eigenvalue weighted by Gasteiger charge is -2.30. The Morgan fingerprint density at radius 2 is 2.19 bits per heavy atom. The first-order valence-electron chi connectivity index (χ1n) is 9.98. The lowest BCUT2D eigenvalue weighted by molar-refractivity contribution is 0.0600. The van der Waals surface area contributed by atoms with Gasteiger partial charge in [-0.1, -0.05) is 6.08 Å². The molecule has 2 heterocycles. The van der Waals surface area contributed by atoms with Crippen LogP contribution < -0.4 is 9.75 Å². The summed E-state index contributed by atoms with van der Waals surface area (Å²) in [6.45, 7) is 2.36. The number of allylic oxidation sites excluding steroid dienone is 1. The molecule has 0 amide bonds. The van der Waals surface area contributed by atoms with E-state index in [0.29, 0.717) is 23.5 Å². The first kappa shape index (κ1) is 18.9. The maximum atomic E-state index is 11.9. The van der Waals surface area contributed by atoms with Gasteiger partial charge in [-0.3, -0.25) is 5.01 Å². The Balaban J connectivity index is 1.61. The third-order valence-corrected chi connectivity index (χ3v) is 5.84. The molecule has 2 unspecified atom stereocenters. The van der Waals surface area contributed by atoms with Crippen molar-refractivity contribution in [3.8, 4) is 11.8 Å². The Morgan fingerprint density at radius 1 is 1.32 bits per heavy atom. The molecule has 6 nitrogen and oxygen atoms in total. The number of nitrogens with zero attached hydrogens (tertiary/aromatic N) is 3. The smallest absolute Gasteiger partial charge is 0.337 e. The van der Waals surface area contributed by atoms with Gasteiger partial charge in [0, 0.05) is 11.1 Å². The largest absolute Gasteiger partial charge is 0.492 e. The molecule has 2 aliphatic heterocycles. The highest BCUT2D eigenvalue weighted by atomic mass is 16.5. The normalized spacial score (nSPS) is 20.4. The standard InChI is InChI=1S/C25H19N3O3/c1-15-11-19(9-7-18(15)13-26)28-24(16-5-3-4-6-16)21-14-31-22-12-17(25(29)30-2)8-10-20(22)23(21)27-28/h3-5,7-12,21,24H,14H2,1-2H3. The van der Waals surface area contributed by atoms with Gasteiger partial charge in [-0.05, 0) is 61.0 Å². The molecule has 5 rings (SSSR count). The molecular formula is C25H19N3O3. The van der Waals surface area contributed by atoms with Gasteiger partial charge in [0.05, 0.1) is 54.3 Å². The minimum atomic E-state index is -0.402. The molecule has 0 N–H and O–H groups in total. The van der Waals surface area contributed by atoms with Crippen LogP contribution in [0.15, 0.2) is 71.0 Å². The van der Waals surface area contributed by atoms with Gasteiger partial charge in [0.15, 0.2) is 0 Å². The molecule has 0 saturated heterocycles. The van der Waals surface area contributed by atoms with E-state index in [1.54, 1.807) is 12.1 Å². The van der Waals surface area contributed by atoms with Gasteiger partial charge in [0.25, 0.3) is 0 Å². The lowest BCUT2D eigenvalue weighted by atomic mass is 9.85. The van der Waals surface area contributed by atoms with E-state index < -0.39 is 5.97 Å². The highest BCUT2D eigenvalue weighted by molar-refractivity contribution is 6.09. The van der Waals surface area contributed by atoms with Crippen LogP contribution in [0.5, 0.6) is 5.75 Å². The molecule has 0 spiro atoms. The van der Waals surface area contributed by atoms with Gasteiger partial charge in [0.1, 0.15) is 5.75 Å². The molecule has 2 atom stereocenters. The molecule has 0 fully saturated rings. The Morgan fingerprint density at radius 3 is 2.90 bits per heavy atom. The number of anilines is 1. The van der Waals surface area contributed by atoms with Crippen LogP contribution in [0.25, 0.3) is 0 Å². The van der Waals surface area contributed by atoms with Crippen LogP contribution >= 0.6 is 0 Å². The first-order chi connectivity index (χ1) is 15.1. The number of ether oxygens (including phenoxy) is 2. The van der Waals surface area contributed by atoms with E-state index in [2.05, 4.69) is 11.8 Å². The van der Waals surface area contributed by atoms with Crippen molar-refractivity contribution in [2.45, 2.75) is 13.0 Å². The van der Waals surface area contributed by atoms with Crippen LogP contribution in [0.2, 0.25) is 0 Å². The SMILES string of the molecule is COC(=O)c1ccc2c(c1)OCC1C2=NN(c2ccc(C#N)c(C)c2)C1C1=C=CC=C1. The minimum absolute atomic E-state index is 0.00563. The van der Waals surface area contributed by atoms with E-state index in [4.69, 9.17) is 14.6 Å². The van der Waals surface area contributed by atoms with Crippen molar-refractivity contribution in [1.82, 2.24) is 0 Å². The van der Waals surface area contributed by atoms with Gasteiger partial charge in [-0.25, -0.2) is 4.79 Å². The summed E-state index contributed by atoms with van der Waals surface area (Å²) in [5, 5.41) is 16.3. The minimum Gasteiger partial charge on any atom is -0.492 e. The molecule has 152 valence electrons. The number of nitriles is 1. The van der Waals surface area contributed by atoms with Crippen molar-refractivity contribution >= 4 is 17.4 Å². The average molecular weight is 409 g/mol. The van der Waals surface area contributed by atoms with Crippen LogP contribution in [0.4, 0.5) is 5.69 Å². The number of esters is 1. The number of rotatable bonds is 3. The second kappa shape index (κ2) is 7.32. The molecule has 0 saturated carbocycles. The van der Waals surface area contributed by atoms with Crippen molar-refractivity contribution in [1.29, 1.82) is 5.26 Å². The summed E-state index contributed by atoms with van der Waals surface area (Å²) in [6.07, 6.45) is 5.91. The predicted octanol–water partition coefficient (Wildman–Crippen LogP) is 3.91. The second-order valence-corrected chi connectivity index (χ2v) is 7.63. The van der Waals surface area contributed by atoms with Gasteiger partial charge in [-0.15, -0.1) is 5.73 Å². The predicted molar refractivity (Wildman–Crippen MR) is 116 cm³/mol. The zero-order valence-electron chi connectivity index (χ0n) is 17.1. The zero-order valence-corrected chi connectivity index (χ0v) is 17.1. The Labute approximate surface area is 180 Å². The molecule has 2 aromatic rings. The van der Waals surface area contributed by atoms with Crippen LogP contribution in [-0.4, -0.2) is 31.4 Å². The van der Waals surface area contributed by atoms with Crippen molar-refractivity contribution < 1.29 is 14.3 Å². The van der Waals surface area contributed by atoms with E-state index >= 15 is 0 Å². The molecule has 0 radical (unpaired) electrons. The van der Waals surface area contributed by atoms with Crippen molar-refractivity contribution in [3.63, 3.8) is 0 Å². The summed E-state index contributed by atoms with van der Waals surface area (Å²) in [4.78, 5) is 11.9. The molecule has 0 aromatic heterocycles. The Bertz CT molecular complexity index is 1280. The topological polar surface area (TPSA) is 74.9 Å². The van der Waals surface area contributed by atoms with Gasteiger partial charge >= 0.3 is 5.97 Å². The number of methoxy groups -OCH3 is 1. The maximum absolute atomic E-state index is 11.9. The molecule has 2 aromatic carbocycles. The molecular weight excluding hydrogens is 390 g/mol. The number of carbonyl (C=O) groups excluding carboxylic acids is 1. The van der Waals surface area contributed by atoms with Crippen molar-refractivity contribution in [3.05, 3.63) is 88.2 Å². The van der Waals surface area contributed by atoms with E-state index in [0.717, 1.165) is 28.1 Å². The third kappa shape index (κ3) is 3.04. The number of fused-ring (bicyclic) bond motifs is 3. The summed E-state index contributed by atoms with van der Waals surface area (Å²) in [6, 6.07) is 13.2. The van der Waals surface area contributed by atoms with E-state index in [1.165, 1.54) is 7.11 Å². The fourth-order valence-corrected chi connectivity index (χ4v) is 4.28. The Hall–Kier alpha value is -4.07. The number of benzene rings is 2. The molecule has 6 heteroatoms. The van der Waals surface area contributed by atoms with Gasteiger partial charge in [-0.2, -0.15) is 10.4 Å². The fraction of sp³-hybridized carbons (Fsp3) is 0.200. The monoisotopic (exact) mass is 409 g/mol. The Kier molecular flexibility index (Phi) is 4.47. The van der Waals surface area contributed by atoms with Gasteiger partial charge in [0.2, 0.25) is 0 Å². The highest BCUT2D eigenvalue weighted by Gasteiger charge is 2.44. The van der Waals surface area contributed by atoms with E-state index in [1.807, 2.05) is 54.4 Å². The number of hydrogen-bond acceptors (Lipinski definition) is 6. The number of carbonyl (C=O) groups is 1. The first-order valence-corrected chi connectivity index (χ1v) is 9.98. The fourth-order valence-electron chi connectivity index (χ4n) is 4.28. The summed E-state index contributed by atoms with van der Waals surface area (Å²) >= 11 is 0. The van der Waals surface area contributed by atoms with Crippen molar-refractivity contribution in [2.24, 2.45) is 11.0 Å². The van der Waals surface area contributed by atoms with Crippen LogP contribution in [0, 0.1) is 24.2 Å². The molecule has 31 heavy (non-hydrogen) atoms. The summed E-state index contributed by atoms with van der Waals surface area (Å²) in [7, 11) is 1.36. The van der Waals surface area contributed by atoms with E-state index in [9.17, 15) is 10.1 Å². The van der Waals surface area contributed by atoms with E-state index in [-0.39, 0.29) is 12.0 Å². The number of hydrazone groups is 1. The summed E-state index contributed by atoms with van der Waals surface area (Å²) < 4.78 is 10.9. The summed E-state index contributed by atoms with van der Waals surface area (Å²) in [5.74, 6) is 0.230. The van der Waals surface area contributed by atoms with Crippen LogP contribution in [-0.2, 0) is 4.74 Å². The quantitative estimate of drug-likeness (QED) is 0.568. The molecule has 3 aliphatic rings. The van der Waals surface area contributed by atoms with Crippen LogP contribution in [0.1, 0.15) is 27.0 Å². The average Bonchev–Trinajstić information content (AvgIpc) is 3.45. The maximum Gasteiger partial charge on any atom is 0.337 e. The van der Waals surface area contributed by atoms with Crippen molar-refractivity contribution in [2.75, 3.05) is 18.7 Å². The number of hydrogen-bond donors (Lipinski definition) is 0.